The van der Waals surface area contributed by atoms with Gasteiger partial charge < -0.3 is 5.11 Å². The van der Waals surface area contributed by atoms with Crippen molar-refractivity contribution < 1.29 is 5.11 Å². The fourth-order valence-electron chi connectivity index (χ4n) is 1.50. The highest BCUT2D eigenvalue weighted by Crippen LogP contribution is 2.29. The topological polar surface area (TPSA) is 20.2 Å². The highest BCUT2D eigenvalue weighted by Gasteiger charge is 2.19. The predicted molar refractivity (Wildman–Crippen MR) is 58.2 cm³/mol. The molecule has 1 nitrogen and oxygen atoms in total. The lowest BCUT2D eigenvalue weighted by Crippen LogP contribution is -2.17. The Bertz CT molecular complexity index is 299. The largest absolute Gasteiger partial charge is 0.386 e. The molecule has 0 atom stereocenters. The Kier molecular flexibility index (Phi) is 3.04. The van der Waals surface area contributed by atoms with Crippen molar-refractivity contribution in [1.29, 1.82) is 0 Å². The molecular formula is C11H16OS. The Balaban J connectivity index is 3.24. The van der Waals surface area contributed by atoms with Gasteiger partial charge in [-0.1, -0.05) is 12.1 Å². The smallest absolute Gasteiger partial charge is 0.0843 e. The number of aliphatic hydroxyl groups is 1. The molecule has 72 valence electrons. The Morgan fingerprint density at radius 2 is 1.92 bits per heavy atom. The van der Waals surface area contributed by atoms with Crippen molar-refractivity contribution in [1.82, 2.24) is 0 Å². The molecule has 0 saturated carbocycles. The summed E-state index contributed by atoms with van der Waals surface area (Å²) in [7, 11) is 0. The van der Waals surface area contributed by atoms with Crippen molar-refractivity contribution in [2.75, 3.05) is 6.26 Å². The standard InChI is InChI=1S/C11H16OS/c1-8-9(11(2,3)12)6-5-7-10(8)13-4/h5-7,12H,1-4H3. The van der Waals surface area contributed by atoms with Gasteiger partial charge in [-0.25, -0.2) is 0 Å². The van der Waals surface area contributed by atoms with Gasteiger partial charge in [0.15, 0.2) is 0 Å². The van der Waals surface area contributed by atoms with Crippen molar-refractivity contribution in [2.24, 2.45) is 0 Å². The zero-order chi connectivity index (χ0) is 10.1. The van der Waals surface area contributed by atoms with E-state index in [0.717, 1.165) is 5.56 Å². The molecule has 0 aromatic heterocycles. The van der Waals surface area contributed by atoms with Crippen molar-refractivity contribution >= 4 is 11.8 Å². The van der Waals surface area contributed by atoms with E-state index in [0.29, 0.717) is 0 Å². The number of rotatable bonds is 2. The van der Waals surface area contributed by atoms with E-state index in [9.17, 15) is 5.11 Å². The van der Waals surface area contributed by atoms with E-state index in [2.05, 4.69) is 19.2 Å². The van der Waals surface area contributed by atoms with Crippen LogP contribution in [-0.4, -0.2) is 11.4 Å². The van der Waals surface area contributed by atoms with Crippen LogP contribution in [0.1, 0.15) is 25.0 Å². The van der Waals surface area contributed by atoms with Crippen LogP contribution in [0.2, 0.25) is 0 Å². The summed E-state index contributed by atoms with van der Waals surface area (Å²) in [6.07, 6.45) is 2.05. The first-order valence-electron chi connectivity index (χ1n) is 4.33. The maximum Gasteiger partial charge on any atom is 0.0843 e. The monoisotopic (exact) mass is 196 g/mol. The van der Waals surface area contributed by atoms with Crippen LogP contribution in [0.4, 0.5) is 0 Å². The van der Waals surface area contributed by atoms with Gasteiger partial charge in [0.1, 0.15) is 0 Å². The van der Waals surface area contributed by atoms with Crippen LogP contribution >= 0.6 is 11.8 Å². The lowest BCUT2D eigenvalue weighted by atomic mass is 9.94. The van der Waals surface area contributed by atoms with Gasteiger partial charge >= 0.3 is 0 Å². The molecule has 0 fully saturated rings. The number of hydrogen-bond acceptors (Lipinski definition) is 2. The second-order valence-electron chi connectivity index (χ2n) is 3.69. The number of benzene rings is 1. The molecule has 0 aliphatic rings. The molecule has 0 heterocycles. The maximum absolute atomic E-state index is 9.88. The van der Waals surface area contributed by atoms with Crippen molar-refractivity contribution in [2.45, 2.75) is 31.3 Å². The molecule has 1 N–H and O–H groups in total. The van der Waals surface area contributed by atoms with Crippen LogP contribution in [0, 0.1) is 6.92 Å². The van der Waals surface area contributed by atoms with Gasteiger partial charge in [-0.15, -0.1) is 11.8 Å². The fourth-order valence-corrected chi connectivity index (χ4v) is 2.13. The quantitative estimate of drug-likeness (QED) is 0.734. The maximum atomic E-state index is 9.88. The van der Waals surface area contributed by atoms with Crippen molar-refractivity contribution in [3.63, 3.8) is 0 Å². The van der Waals surface area contributed by atoms with Gasteiger partial charge in [0, 0.05) is 4.90 Å². The molecule has 0 amide bonds. The summed E-state index contributed by atoms with van der Waals surface area (Å²) in [5.74, 6) is 0. The predicted octanol–water partition coefficient (Wildman–Crippen LogP) is 2.94. The van der Waals surface area contributed by atoms with E-state index in [1.807, 2.05) is 26.0 Å². The zero-order valence-corrected chi connectivity index (χ0v) is 9.40. The molecule has 0 saturated heterocycles. The first kappa shape index (κ1) is 10.6. The molecule has 1 rings (SSSR count). The third-order valence-electron chi connectivity index (χ3n) is 2.16. The summed E-state index contributed by atoms with van der Waals surface area (Å²) in [6.45, 7) is 5.69. The highest BCUT2D eigenvalue weighted by atomic mass is 32.2. The van der Waals surface area contributed by atoms with Gasteiger partial charge in [-0.3, -0.25) is 0 Å². The first-order chi connectivity index (χ1) is 5.96. The lowest BCUT2D eigenvalue weighted by Gasteiger charge is -2.21. The van der Waals surface area contributed by atoms with Gasteiger partial charge in [0.25, 0.3) is 0 Å². The SMILES string of the molecule is CSc1cccc(C(C)(C)O)c1C. The van der Waals surface area contributed by atoms with Gasteiger partial charge in [0.2, 0.25) is 0 Å². The molecular weight excluding hydrogens is 180 g/mol. The van der Waals surface area contributed by atoms with Crippen LogP contribution in [0.15, 0.2) is 23.1 Å². The summed E-state index contributed by atoms with van der Waals surface area (Å²) in [4.78, 5) is 1.24. The van der Waals surface area contributed by atoms with E-state index >= 15 is 0 Å². The second-order valence-corrected chi connectivity index (χ2v) is 4.54. The zero-order valence-electron chi connectivity index (χ0n) is 8.59. The average Bonchev–Trinajstić information content (AvgIpc) is 2.02. The van der Waals surface area contributed by atoms with E-state index in [-0.39, 0.29) is 0 Å². The number of thioether (sulfide) groups is 1. The fraction of sp³-hybridized carbons (Fsp3) is 0.455. The van der Waals surface area contributed by atoms with Crippen LogP contribution in [0.3, 0.4) is 0 Å². The molecule has 13 heavy (non-hydrogen) atoms. The summed E-state index contributed by atoms with van der Waals surface area (Å²) < 4.78 is 0. The Labute approximate surface area is 84.2 Å². The molecule has 0 radical (unpaired) electrons. The first-order valence-corrected chi connectivity index (χ1v) is 5.55. The molecule has 0 bridgehead atoms. The van der Waals surface area contributed by atoms with Crippen molar-refractivity contribution in [3.05, 3.63) is 29.3 Å². The summed E-state index contributed by atoms with van der Waals surface area (Å²) >= 11 is 1.71. The van der Waals surface area contributed by atoms with E-state index in [4.69, 9.17) is 0 Å². The molecule has 1 aromatic rings. The number of hydrogen-bond donors (Lipinski definition) is 1. The van der Waals surface area contributed by atoms with Gasteiger partial charge in [0.05, 0.1) is 5.60 Å². The molecule has 0 spiro atoms. The normalized spacial score (nSPS) is 11.8. The van der Waals surface area contributed by atoms with Crippen LogP contribution < -0.4 is 0 Å². The van der Waals surface area contributed by atoms with Crippen molar-refractivity contribution in [3.8, 4) is 0 Å². The second kappa shape index (κ2) is 3.72. The average molecular weight is 196 g/mol. The Morgan fingerprint density at radius 3 is 2.38 bits per heavy atom. The molecule has 2 heteroatoms. The van der Waals surface area contributed by atoms with Gasteiger partial charge in [-0.05, 0) is 44.2 Å². The molecule has 0 unspecified atom stereocenters. The molecule has 0 aliphatic heterocycles. The van der Waals surface area contributed by atoms with E-state index < -0.39 is 5.60 Å². The van der Waals surface area contributed by atoms with E-state index in [1.54, 1.807) is 11.8 Å². The highest BCUT2D eigenvalue weighted by molar-refractivity contribution is 7.98. The third kappa shape index (κ3) is 2.26. The summed E-state index contributed by atoms with van der Waals surface area (Å²) in [5.41, 5.74) is 1.46. The van der Waals surface area contributed by atoms with E-state index in [1.165, 1.54) is 10.5 Å². The molecule has 1 aromatic carbocycles. The summed E-state index contributed by atoms with van der Waals surface area (Å²) in [5, 5.41) is 9.88. The Hall–Kier alpha value is -0.470. The van der Waals surface area contributed by atoms with Crippen LogP contribution in [0.25, 0.3) is 0 Å². The minimum atomic E-state index is -0.740. The lowest BCUT2D eigenvalue weighted by molar-refractivity contribution is 0.0776. The van der Waals surface area contributed by atoms with Crippen LogP contribution in [0.5, 0.6) is 0 Å². The minimum Gasteiger partial charge on any atom is -0.386 e. The summed E-state index contributed by atoms with van der Waals surface area (Å²) in [6, 6.07) is 6.05. The van der Waals surface area contributed by atoms with Crippen LogP contribution in [-0.2, 0) is 5.60 Å². The van der Waals surface area contributed by atoms with Gasteiger partial charge in [-0.2, -0.15) is 0 Å². The third-order valence-corrected chi connectivity index (χ3v) is 3.05. The minimum absolute atomic E-state index is 0.740. The Morgan fingerprint density at radius 1 is 1.31 bits per heavy atom. The molecule has 0 aliphatic carbocycles.